The van der Waals surface area contributed by atoms with Gasteiger partial charge in [-0.05, 0) is 30.7 Å². The van der Waals surface area contributed by atoms with E-state index in [2.05, 4.69) is 24.1 Å². The van der Waals surface area contributed by atoms with Crippen molar-refractivity contribution in [1.29, 1.82) is 0 Å². The largest absolute Gasteiger partial charge is 0.399 e. The first-order chi connectivity index (χ1) is 9.44. The average Bonchev–Trinajstić information content (AvgIpc) is 2.54. The molecule has 1 aliphatic rings. The zero-order chi connectivity index (χ0) is 14.6. The van der Waals surface area contributed by atoms with Crippen molar-refractivity contribution < 1.29 is 4.79 Å². The quantitative estimate of drug-likeness (QED) is 0.840. The number of nitrogens with zero attached hydrogens (tertiary/aromatic N) is 1. The van der Waals surface area contributed by atoms with Gasteiger partial charge in [0.05, 0.1) is 6.54 Å². The van der Waals surface area contributed by atoms with E-state index < -0.39 is 0 Å². The van der Waals surface area contributed by atoms with Gasteiger partial charge in [0.2, 0.25) is 5.91 Å². The van der Waals surface area contributed by atoms with E-state index in [-0.39, 0.29) is 5.91 Å². The van der Waals surface area contributed by atoms with Crippen molar-refractivity contribution in [2.24, 2.45) is 0 Å². The molecule has 1 amide bonds. The van der Waals surface area contributed by atoms with Gasteiger partial charge >= 0.3 is 0 Å². The molecule has 1 heterocycles. The summed E-state index contributed by atoms with van der Waals surface area (Å²) in [6, 6.07) is 7.24. The summed E-state index contributed by atoms with van der Waals surface area (Å²) in [5.41, 5.74) is 7.13. The van der Waals surface area contributed by atoms with E-state index in [9.17, 15) is 4.79 Å². The fourth-order valence-corrected chi connectivity index (χ4v) is 3.33. The number of hydrogen-bond acceptors (Lipinski definition) is 4. The predicted octanol–water partition coefficient (Wildman–Crippen LogP) is 2.42. The highest BCUT2D eigenvalue weighted by Crippen LogP contribution is 2.30. The minimum Gasteiger partial charge on any atom is -0.399 e. The summed E-state index contributed by atoms with van der Waals surface area (Å²) >= 11 is 1.99. The van der Waals surface area contributed by atoms with Gasteiger partial charge in [0.1, 0.15) is 0 Å². The van der Waals surface area contributed by atoms with E-state index in [1.54, 1.807) is 12.1 Å². The number of amides is 1. The van der Waals surface area contributed by atoms with Gasteiger partial charge in [-0.2, -0.15) is 11.8 Å². The fraction of sp³-hybridized carbons (Fsp3) is 0.533. The molecule has 1 saturated heterocycles. The normalized spacial score (nSPS) is 19.3. The average molecular weight is 293 g/mol. The first-order valence-electron chi connectivity index (χ1n) is 6.96. The third kappa shape index (κ3) is 4.72. The summed E-state index contributed by atoms with van der Waals surface area (Å²) in [5, 5.41) is 2.91. The highest BCUT2D eigenvalue weighted by Gasteiger charge is 2.24. The van der Waals surface area contributed by atoms with Crippen molar-refractivity contribution in [3.8, 4) is 0 Å². The molecule has 1 aromatic rings. The topological polar surface area (TPSA) is 58.4 Å². The van der Waals surface area contributed by atoms with Crippen LogP contribution in [0.25, 0.3) is 0 Å². The summed E-state index contributed by atoms with van der Waals surface area (Å²) in [6.45, 7) is 6.96. The Bertz CT molecular complexity index is 459. The predicted molar refractivity (Wildman–Crippen MR) is 87.1 cm³/mol. The van der Waals surface area contributed by atoms with Crippen LogP contribution in [0, 0.1) is 0 Å². The number of carbonyl (C=O) groups is 1. The first kappa shape index (κ1) is 15.2. The zero-order valence-electron chi connectivity index (χ0n) is 12.2. The molecule has 5 heteroatoms. The summed E-state index contributed by atoms with van der Waals surface area (Å²) in [6.07, 6.45) is 1.12. The van der Waals surface area contributed by atoms with Gasteiger partial charge in [0.25, 0.3) is 0 Å². The maximum atomic E-state index is 12.0. The van der Waals surface area contributed by atoms with Crippen molar-refractivity contribution in [3.63, 3.8) is 0 Å². The number of carbonyl (C=O) groups excluding carboxylic acids is 1. The molecule has 0 aromatic heterocycles. The minimum absolute atomic E-state index is 0.0412. The Morgan fingerprint density at radius 1 is 1.35 bits per heavy atom. The molecule has 1 aliphatic heterocycles. The van der Waals surface area contributed by atoms with Crippen molar-refractivity contribution in [1.82, 2.24) is 4.90 Å². The molecule has 1 fully saturated rings. The lowest BCUT2D eigenvalue weighted by atomic mass is 10.1. The zero-order valence-corrected chi connectivity index (χ0v) is 13.0. The SMILES string of the molecule is CC1(C)CCN(CC(=O)Nc2ccc(N)cc2)CCS1. The Hall–Kier alpha value is -1.20. The Morgan fingerprint density at radius 3 is 2.75 bits per heavy atom. The number of anilines is 2. The van der Waals surface area contributed by atoms with Gasteiger partial charge in [0.15, 0.2) is 0 Å². The molecule has 1 aromatic carbocycles. The van der Waals surface area contributed by atoms with Crippen LogP contribution in [-0.2, 0) is 4.79 Å². The van der Waals surface area contributed by atoms with Crippen LogP contribution in [0.4, 0.5) is 11.4 Å². The van der Waals surface area contributed by atoms with Crippen molar-refractivity contribution >= 4 is 29.0 Å². The molecule has 2 rings (SSSR count). The molecule has 3 N–H and O–H groups in total. The number of nitrogens with one attached hydrogen (secondary N) is 1. The Kier molecular flexibility index (Phi) is 4.94. The van der Waals surface area contributed by atoms with Crippen LogP contribution < -0.4 is 11.1 Å². The van der Waals surface area contributed by atoms with Gasteiger partial charge in [-0.15, -0.1) is 0 Å². The first-order valence-corrected chi connectivity index (χ1v) is 7.95. The third-order valence-electron chi connectivity index (χ3n) is 3.49. The van der Waals surface area contributed by atoms with Gasteiger partial charge in [0, 0.05) is 35.0 Å². The molecule has 110 valence electrons. The fourth-order valence-electron chi connectivity index (χ4n) is 2.19. The van der Waals surface area contributed by atoms with Crippen LogP contribution in [0.5, 0.6) is 0 Å². The second-order valence-corrected chi connectivity index (χ2v) is 7.61. The van der Waals surface area contributed by atoms with Crippen LogP contribution in [0.1, 0.15) is 20.3 Å². The molecule has 20 heavy (non-hydrogen) atoms. The van der Waals surface area contributed by atoms with Crippen LogP contribution in [0.2, 0.25) is 0 Å². The molecule has 0 unspecified atom stereocenters. The molecule has 0 atom stereocenters. The number of nitrogens with two attached hydrogens (primary N) is 1. The highest BCUT2D eigenvalue weighted by atomic mass is 32.2. The molecule has 0 bridgehead atoms. The maximum absolute atomic E-state index is 12.0. The summed E-state index contributed by atoms with van der Waals surface area (Å²) in [5.74, 6) is 1.13. The summed E-state index contributed by atoms with van der Waals surface area (Å²) in [4.78, 5) is 14.3. The van der Waals surface area contributed by atoms with Gasteiger partial charge in [-0.3, -0.25) is 9.69 Å². The van der Waals surface area contributed by atoms with E-state index in [4.69, 9.17) is 5.73 Å². The molecular formula is C15H23N3OS. The lowest BCUT2D eigenvalue weighted by molar-refractivity contribution is -0.117. The Morgan fingerprint density at radius 2 is 2.05 bits per heavy atom. The second-order valence-electron chi connectivity index (χ2n) is 5.80. The number of benzene rings is 1. The Labute approximate surface area is 125 Å². The van der Waals surface area contributed by atoms with Crippen molar-refractivity contribution in [3.05, 3.63) is 24.3 Å². The third-order valence-corrected chi connectivity index (χ3v) is 4.86. The molecule has 0 saturated carbocycles. The van der Waals surface area contributed by atoms with E-state index >= 15 is 0 Å². The highest BCUT2D eigenvalue weighted by molar-refractivity contribution is 8.00. The number of thioether (sulfide) groups is 1. The van der Waals surface area contributed by atoms with E-state index in [1.165, 1.54) is 0 Å². The molecular weight excluding hydrogens is 270 g/mol. The smallest absolute Gasteiger partial charge is 0.238 e. The standard InChI is InChI=1S/C15H23N3OS/c1-15(2)7-8-18(9-10-20-15)11-14(19)17-13-5-3-12(16)4-6-13/h3-6H,7-11,16H2,1-2H3,(H,17,19). The van der Waals surface area contributed by atoms with Crippen LogP contribution >= 0.6 is 11.8 Å². The van der Waals surface area contributed by atoms with E-state index in [0.717, 1.165) is 31.0 Å². The van der Waals surface area contributed by atoms with E-state index in [1.807, 2.05) is 23.9 Å². The number of nitrogen functional groups attached to an aromatic ring is 1. The van der Waals surface area contributed by atoms with Crippen LogP contribution in [0.15, 0.2) is 24.3 Å². The van der Waals surface area contributed by atoms with Crippen molar-refractivity contribution in [2.75, 3.05) is 36.4 Å². The molecule has 0 spiro atoms. The Balaban J connectivity index is 1.83. The monoisotopic (exact) mass is 293 g/mol. The van der Waals surface area contributed by atoms with Crippen molar-refractivity contribution in [2.45, 2.75) is 25.0 Å². The minimum atomic E-state index is 0.0412. The molecule has 0 aliphatic carbocycles. The number of hydrogen-bond donors (Lipinski definition) is 2. The number of rotatable bonds is 3. The summed E-state index contributed by atoms with van der Waals surface area (Å²) in [7, 11) is 0. The van der Waals surface area contributed by atoms with Gasteiger partial charge in [-0.25, -0.2) is 0 Å². The van der Waals surface area contributed by atoms with Crippen LogP contribution in [-0.4, -0.2) is 40.9 Å². The van der Waals surface area contributed by atoms with Gasteiger partial charge in [-0.1, -0.05) is 13.8 Å². The van der Waals surface area contributed by atoms with Crippen LogP contribution in [0.3, 0.4) is 0 Å². The van der Waals surface area contributed by atoms with E-state index in [0.29, 0.717) is 17.0 Å². The summed E-state index contributed by atoms with van der Waals surface area (Å²) < 4.78 is 0.322. The lowest BCUT2D eigenvalue weighted by Crippen LogP contribution is -2.35. The maximum Gasteiger partial charge on any atom is 0.238 e. The van der Waals surface area contributed by atoms with Gasteiger partial charge < -0.3 is 11.1 Å². The second kappa shape index (κ2) is 6.50. The lowest BCUT2D eigenvalue weighted by Gasteiger charge is -2.22. The molecule has 4 nitrogen and oxygen atoms in total. The molecule has 0 radical (unpaired) electrons.